The summed E-state index contributed by atoms with van der Waals surface area (Å²) in [6, 6.07) is 8.93. The molecule has 2 fully saturated rings. The number of nitrogens with one attached hydrogen (secondary N) is 1. The number of nitrogens with zero attached hydrogens (tertiary/aromatic N) is 2. The van der Waals surface area contributed by atoms with Gasteiger partial charge in [-0.1, -0.05) is 12.1 Å². The van der Waals surface area contributed by atoms with Crippen molar-refractivity contribution < 1.29 is 19.0 Å². The maximum Gasteiger partial charge on any atom is 0.274 e. The van der Waals surface area contributed by atoms with E-state index in [0.29, 0.717) is 13.0 Å². The lowest BCUT2D eigenvalue weighted by molar-refractivity contribution is -0.0591. The first-order chi connectivity index (χ1) is 12.5. The van der Waals surface area contributed by atoms with Crippen molar-refractivity contribution in [2.24, 2.45) is 0 Å². The molecule has 2 aliphatic heterocycles. The average molecular weight is 359 g/mol. The normalized spacial score (nSPS) is 28.0. The van der Waals surface area contributed by atoms with Gasteiger partial charge in [-0.15, -0.1) is 0 Å². The summed E-state index contributed by atoms with van der Waals surface area (Å²) in [7, 11) is 0. The standard InChI is InChI=1S/C18H18FN3O4/c19-13-3-1-2-11(6-13)12-7-18(26-9-12)10-22(8-15(18)23)17(25)14-4-5-16(24)21-20-14/h1-6,12,15,23H,7-10H2,(H,21,24)/t12-,15+,18+/m0/s1. The minimum absolute atomic E-state index is 0.0402. The van der Waals surface area contributed by atoms with E-state index in [-0.39, 0.29) is 36.4 Å². The van der Waals surface area contributed by atoms with Crippen LogP contribution in [0.25, 0.3) is 0 Å². The molecule has 7 nitrogen and oxygen atoms in total. The molecule has 2 aliphatic rings. The molecule has 0 saturated carbocycles. The first-order valence-corrected chi connectivity index (χ1v) is 8.39. The van der Waals surface area contributed by atoms with E-state index >= 15 is 0 Å². The molecule has 4 rings (SSSR count). The Bertz CT molecular complexity index is 882. The number of rotatable bonds is 2. The molecule has 0 bridgehead atoms. The average Bonchev–Trinajstić information content (AvgIpc) is 3.20. The van der Waals surface area contributed by atoms with Crippen LogP contribution in [0.4, 0.5) is 4.39 Å². The van der Waals surface area contributed by atoms with E-state index in [2.05, 4.69) is 10.2 Å². The number of benzene rings is 1. The summed E-state index contributed by atoms with van der Waals surface area (Å²) in [4.78, 5) is 25.1. The van der Waals surface area contributed by atoms with E-state index in [1.807, 2.05) is 6.07 Å². The fourth-order valence-electron chi connectivity index (χ4n) is 3.77. The van der Waals surface area contributed by atoms with Gasteiger partial charge in [0, 0.05) is 18.5 Å². The van der Waals surface area contributed by atoms with Crippen molar-refractivity contribution in [3.8, 4) is 0 Å². The van der Waals surface area contributed by atoms with Crippen LogP contribution in [0.1, 0.15) is 28.4 Å². The number of likely N-dealkylation sites (tertiary alicyclic amines) is 1. The summed E-state index contributed by atoms with van der Waals surface area (Å²) in [6.07, 6.45) is -0.340. The number of β-amino-alcohol motifs (C(OH)–C–C–N with tert-alkyl or cyclic N) is 1. The number of hydrogen-bond donors (Lipinski definition) is 2. The first kappa shape index (κ1) is 16.9. The van der Waals surface area contributed by atoms with Crippen LogP contribution in [0.3, 0.4) is 0 Å². The number of ether oxygens (including phenoxy) is 1. The molecule has 136 valence electrons. The van der Waals surface area contributed by atoms with Crippen molar-refractivity contribution in [1.82, 2.24) is 15.1 Å². The van der Waals surface area contributed by atoms with Gasteiger partial charge >= 0.3 is 0 Å². The van der Waals surface area contributed by atoms with E-state index in [1.165, 1.54) is 29.2 Å². The van der Waals surface area contributed by atoms with Gasteiger partial charge in [0.2, 0.25) is 0 Å². The lowest BCUT2D eigenvalue weighted by Crippen LogP contribution is -2.41. The number of aliphatic hydroxyl groups is 1. The van der Waals surface area contributed by atoms with Crippen molar-refractivity contribution in [2.75, 3.05) is 19.7 Å². The Morgan fingerprint density at radius 1 is 1.38 bits per heavy atom. The molecule has 1 aromatic carbocycles. The van der Waals surface area contributed by atoms with Gasteiger partial charge in [0.05, 0.1) is 13.2 Å². The molecule has 3 heterocycles. The second kappa shape index (κ2) is 6.30. The molecular formula is C18H18FN3O4. The van der Waals surface area contributed by atoms with Gasteiger partial charge in [0.15, 0.2) is 0 Å². The van der Waals surface area contributed by atoms with Crippen LogP contribution < -0.4 is 5.56 Å². The van der Waals surface area contributed by atoms with E-state index in [4.69, 9.17) is 4.74 Å². The highest BCUT2D eigenvalue weighted by atomic mass is 19.1. The van der Waals surface area contributed by atoms with Crippen LogP contribution in [0.2, 0.25) is 0 Å². The van der Waals surface area contributed by atoms with E-state index in [1.54, 1.807) is 6.07 Å². The fraction of sp³-hybridized carbons (Fsp3) is 0.389. The van der Waals surface area contributed by atoms with Crippen molar-refractivity contribution >= 4 is 5.91 Å². The van der Waals surface area contributed by atoms with Crippen molar-refractivity contribution in [1.29, 1.82) is 0 Å². The third kappa shape index (κ3) is 2.91. The number of aliphatic hydroxyl groups excluding tert-OH is 1. The minimum atomic E-state index is -0.866. The molecule has 26 heavy (non-hydrogen) atoms. The SMILES string of the molecule is O=C(c1ccc(=O)[nH]n1)N1C[C@@H](O)[C@@]2(C[C@H](c3cccc(F)c3)CO2)C1. The largest absolute Gasteiger partial charge is 0.388 e. The number of halogens is 1. The van der Waals surface area contributed by atoms with E-state index in [0.717, 1.165) is 5.56 Å². The maximum atomic E-state index is 13.5. The van der Waals surface area contributed by atoms with Crippen LogP contribution >= 0.6 is 0 Å². The smallest absolute Gasteiger partial charge is 0.274 e. The van der Waals surface area contributed by atoms with Crippen molar-refractivity contribution in [3.05, 3.63) is 63.8 Å². The number of aromatic nitrogens is 2. The number of carbonyl (C=O) groups is 1. The summed E-state index contributed by atoms with van der Waals surface area (Å²) in [5.74, 6) is -0.729. The Balaban J connectivity index is 1.51. The Morgan fingerprint density at radius 2 is 2.23 bits per heavy atom. The maximum absolute atomic E-state index is 13.5. The first-order valence-electron chi connectivity index (χ1n) is 8.39. The molecule has 8 heteroatoms. The molecule has 1 aromatic heterocycles. The van der Waals surface area contributed by atoms with Crippen LogP contribution in [0.15, 0.2) is 41.2 Å². The van der Waals surface area contributed by atoms with Crippen molar-refractivity contribution in [3.63, 3.8) is 0 Å². The Hall–Kier alpha value is -2.58. The predicted molar refractivity (Wildman–Crippen MR) is 89.2 cm³/mol. The van der Waals surface area contributed by atoms with Gasteiger partial charge in [-0.25, -0.2) is 9.49 Å². The highest BCUT2D eigenvalue weighted by Crippen LogP contribution is 2.42. The summed E-state index contributed by atoms with van der Waals surface area (Å²) in [6.45, 7) is 0.703. The Morgan fingerprint density at radius 3 is 2.96 bits per heavy atom. The summed E-state index contributed by atoms with van der Waals surface area (Å²) < 4.78 is 19.4. The topological polar surface area (TPSA) is 95.5 Å². The Kier molecular flexibility index (Phi) is 4.08. The fourth-order valence-corrected chi connectivity index (χ4v) is 3.77. The molecule has 2 saturated heterocycles. The van der Waals surface area contributed by atoms with Crippen molar-refractivity contribution in [2.45, 2.75) is 24.0 Å². The van der Waals surface area contributed by atoms with Gasteiger partial charge in [-0.05, 0) is 30.2 Å². The highest BCUT2D eigenvalue weighted by Gasteiger charge is 2.53. The quantitative estimate of drug-likeness (QED) is 0.822. The third-order valence-electron chi connectivity index (χ3n) is 5.13. The zero-order valence-electron chi connectivity index (χ0n) is 13.9. The second-order valence-corrected chi connectivity index (χ2v) is 6.84. The van der Waals surface area contributed by atoms with E-state index < -0.39 is 17.3 Å². The van der Waals surface area contributed by atoms with Crippen LogP contribution in [-0.4, -0.2) is 57.5 Å². The van der Waals surface area contributed by atoms with Gasteiger partial charge in [-0.3, -0.25) is 9.59 Å². The monoisotopic (exact) mass is 359 g/mol. The molecule has 0 radical (unpaired) electrons. The predicted octanol–water partition coefficient (Wildman–Crippen LogP) is 0.669. The van der Waals surface area contributed by atoms with Gasteiger partial charge in [0.25, 0.3) is 11.5 Å². The van der Waals surface area contributed by atoms with Crippen LogP contribution in [-0.2, 0) is 4.74 Å². The van der Waals surface area contributed by atoms with Gasteiger partial charge < -0.3 is 14.7 Å². The molecule has 2 N–H and O–H groups in total. The summed E-state index contributed by atoms with van der Waals surface area (Å²) in [5.41, 5.74) is -0.333. The van der Waals surface area contributed by atoms with E-state index in [9.17, 15) is 19.1 Å². The van der Waals surface area contributed by atoms with Crippen LogP contribution in [0, 0.1) is 5.82 Å². The second-order valence-electron chi connectivity index (χ2n) is 6.84. The molecule has 3 atom stereocenters. The molecule has 0 unspecified atom stereocenters. The zero-order valence-corrected chi connectivity index (χ0v) is 13.9. The number of carbonyl (C=O) groups excluding carboxylic acids is 1. The van der Waals surface area contributed by atoms with Gasteiger partial charge in [-0.2, -0.15) is 5.10 Å². The third-order valence-corrected chi connectivity index (χ3v) is 5.13. The summed E-state index contributed by atoms with van der Waals surface area (Å²) >= 11 is 0. The van der Waals surface area contributed by atoms with Gasteiger partial charge in [0.1, 0.15) is 23.2 Å². The summed E-state index contributed by atoms with van der Waals surface area (Å²) in [5, 5.41) is 16.5. The number of hydrogen-bond acceptors (Lipinski definition) is 5. The lowest BCUT2D eigenvalue weighted by atomic mass is 9.87. The van der Waals surface area contributed by atoms with Crippen LogP contribution in [0.5, 0.6) is 0 Å². The number of aromatic amines is 1. The minimum Gasteiger partial charge on any atom is -0.388 e. The molecular weight excluding hydrogens is 341 g/mol. The molecule has 1 spiro atoms. The zero-order chi connectivity index (χ0) is 18.3. The molecule has 2 aromatic rings. The number of amides is 1. The highest BCUT2D eigenvalue weighted by molar-refractivity contribution is 5.92. The molecule has 1 amide bonds. The number of H-pyrrole nitrogens is 1. The molecule has 0 aliphatic carbocycles. The lowest BCUT2D eigenvalue weighted by Gasteiger charge is -2.25. The Labute approximate surface area is 148 Å².